The van der Waals surface area contributed by atoms with Crippen LogP contribution in [0, 0.1) is 0 Å². The van der Waals surface area contributed by atoms with Gasteiger partial charge in [-0.25, -0.2) is 0 Å². The highest BCUT2D eigenvalue weighted by Crippen LogP contribution is 1.98. The van der Waals surface area contributed by atoms with Crippen LogP contribution in [0.25, 0.3) is 0 Å². The predicted molar refractivity (Wildman–Crippen MR) is 39.9 cm³/mol. The third-order valence-corrected chi connectivity index (χ3v) is 1.47. The fourth-order valence-corrected chi connectivity index (χ4v) is 1.04. The molecule has 2 N–H and O–H groups in total. The van der Waals surface area contributed by atoms with Crippen LogP contribution >= 0.6 is 0 Å². The lowest BCUT2D eigenvalue weighted by Gasteiger charge is -2.31. The van der Waals surface area contributed by atoms with E-state index < -0.39 is 12.1 Å². The van der Waals surface area contributed by atoms with E-state index in [9.17, 15) is 9.90 Å². The Kier molecular flexibility index (Phi) is 4.16. The summed E-state index contributed by atoms with van der Waals surface area (Å²) in [5.41, 5.74) is 0. The number of carbonyl (C=O) groups excluding carboxylic acids is 1. The molecule has 0 bridgehead atoms. The van der Waals surface area contributed by atoms with Gasteiger partial charge in [0.1, 0.15) is 19.2 Å². The van der Waals surface area contributed by atoms with E-state index in [1.54, 1.807) is 14.1 Å². The molecule has 0 radical (unpaired) electrons. The summed E-state index contributed by atoms with van der Waals surface area (Å²) in [4.78, 5) is 10.2. The molecule has 5 heteroatoms. The molecule has 0 spiro atoms. The fraction of sp³-hybridized carbons (Fsp3) is 0.857. The van der Waals surface area contributed by atoms with E-state index in [4.69, 9.17) is 10.2 Å². The second-order valence-electron chi connectivity index (χ2n) is 3.48. The summed E-state index contributed by atoms with van der Waals surface area (Å²) >= 11 is 0. The number of likely N-dealkylation sites (N-methyl/N-ethyl adjacent to an activating group) is 1. The number of quaternary nitrogens is 1. The number of carboxylic acids is 1. The van der Waals surface area contributed by atoms with Crippen LogP contribution in [-0.2, 0) is 4.79 Å². The smallest absolute Gasteiger partial charge is 0.126 e. The first kappa shape index (κ1) is 11.4. The molecule has 72 valence electrons. The third kappa shape index (κ3) is 5.06. The molecule has 0 fully saturated rings. The van der Waals surface area contributed by atoms with Gasteiger partial charge in [-0.3, -0.25) is 0 Å². The molecule has 0 rings (SSSR count). The number of carboxylic acid groups (broad SMARTS) is 1. The van der Waals surface area contributed by atoms with Gasteiger partial charge in [-0.05, 0) is 0 Å². The van der Waals surface area contributed by atoms with Crippen molar-refractivity contribution < 1.29 is 24.6 Å². The van der Waals surface area contributed by atoms with Gasteiger partial charge in [-0.1, -0.05) is 0 Å². The largest absolute Gasteiger partial charge is 0.544 e. The van der Waals surface area contributed by atoms with Crippen molar-refractivity contribution in [1.29, 1.82) is 0 Å². The molecule has 5 nitrogen and oxygen atoms in total. The maximum Gasteiger partial charge on any atom is 0.126 e. The van der Waals surface area contributed by atoms with Crippen molar-refractivity contribution in [3.05, 3.63) is 0 Å². The van der Waals surface area contributed by atoms with Crippen LogP contribution in [0.5, 0.6) is 0 Å². The number of aliphatic hydroxyl groups is 2. The Morgan fingerprint density at radius 3 is 2.42 bits per heavy atom. The zero-order chi connectivity index (χ0) is 9.78. The molecule has 0 aliphatic heterocycles. The highest BCUT2D eigenvalue weighted by atomic mass is 16.4. The number of nitrogens with zero attached hydrogens (tertiary/aromatic N) is 1. The van der Waals surface area contributed by atoms with Gasteiger partial charge in [-0.15, -0.1) is 0 Å². The van der Waals surface area contributed by atoms with Crippen molar-refractivity contribution in [1.82, 2.24) is 0 Å². The summed E-state index contributed by atoms with van der Waals surface area (Å²) in [6, 6.07) is 0. The van der Waals surface area contributed by atoms with E-state index in [2.05, 4.69) is 0 Å². The van der Waals surface area contributed by atoms with Crippen LogP contribution in [-0.4, -0.2) is 60.6 Å². The number of aliphatic hydroxyl groups excluding tert-OH is 2. The van der Waals surface area contributed by atoms with E-state index in [1.807, 2.05) is 0 Å². The van der Waals surface area contributed by atoms with Gasteiger partial charge >= 0.3 is 0 Å². The summed E-state index contributed by atoms with van der Waals surface area (Å²) in [6.45, 7) is -0.323. The second-order valence-corrected chi connectivity index (χ2v) is 3.48. The van der Waals surface area contributed by atoms with Crippen molar-refractivity contribution in [3.63, 3.8) is 0 Å². The highest BCUT2D eigenvalue weighted by molar-refractivity contribution is 5.65. The minimum absolute atomic E-state index is 0.101. The topological polar surface area (TPSA) is 80.6 Å². The predicted octanol–water partition coefficient (Wildman–Crippen LogP) is -2.83. The van der Waals surface area contributed by atoms with Crippen molar-refractivity contribution in [3.8, 4) is 0 Å². The maximum atomic E-state index is 10.2. The van der Waals surface area contributed by atoms with E-state index in [1.165, 1.54) is 0 Å². The number of rotatable bonds is 5. The second kappa shape index (κ2) is 4.39. The van der Waals surface area contributed by atoms with Crippen molar-refractivity contribution in [2.75, 3.05) is 33.8 Å². The van der Waals surface area contributed by atoms with Gasteiger partial charge in [0, 0.05) is 0 Å². The monoisotopic (exact) mass is 177 g/mol. The summed E-state index contributed by atoms with van der Waals surface area (Å²) in [6.07, 6.45) is -0.876. The molecule has 0 aromatic rings. The number of hydrogen-bond acceptors (Lipinski definition) is 4. The van der Waals surface area contributed by atoms with Gasteiger partial charge in [0.15, 0.2) is 0 Å². The minimum atomic E-state index is -1.16. The molecule has 0 saturated heterocycles. The molecular formula is C7H15NO4. The van der Waals surface area contributed by atoms with Gasteiger partial charge in [0.05, 0.1) is 26.7 Å². The van der Waals surface area contributed by atoms with Gasteiger partial charge in [0.25, 0.3) is 0 Å². The Bertz CT molecular complexity index is 157. The average molecular weight is 177 g/mol. The fourth-order valence-electron chi connectivity index (χ4n) is 1.04. The SMILES string of the molecule is C[N+](C)(CC(=O)[O-])CC(O)CO. The molecule has 0 heterocycles. The normalized spacial score (nSPS) is 14.3. The average Bonchev–Trinajstić information content (AvgIpc) is 1.83. The number of carbonyl (C=O) groups is 1. The third-order valence-electron chi connectivity index (χ3n) is 1.47. The van der Waals surface area contributed by atoms with Crippen LogP contribution in [0.15, 0.2) is 0 Å². The summed E-state index contributed by atoms with van der Waals surface area (Å²) in [5.74, 6) is -1.16. The van der Waals surface area contributed by atoms with Gasteiger partial charge < -0.3 is 24.6 Å². The lowest BCUT2D eigenvalue weighted by Crippen LogP contribution is -2.52. The summed E-state index contributed by atoms with van der Waals surface area (Å²) in [5, 5.41) is 27.8. The lowest BCUT2D eigenvalue weighted by molar-refractivity contribution is -0.887. The molecule has 0 amide bonds. The van der Waals surface area contributed by atoms with E-state index in [0.717, 1.165) is 0 Å². The minimum Gasteiger partial charge on any atom is -0.544 e. The Balaban J connectivity index is 3.94. The molecule has 0 aromatic carbocycles. The summed E-state index contributed by atoms with van der Waals surface area (Å²) in [7, 11) is 3.30. The molecule has 1 atom stereocenters. The molecule has 1 unspecified atom stereocenters. The van der Waals surface area contributed by atoms with Crippen LogP contribution in [0.3, 0.4) is 0 Å². The Morgan fingerprint density at radius 2 is 2.08 bits per heavy atom. The van der Waals surface area contributed by atoms with Crippen LogP contribution in [0.2, 0.25) is 0 Å². The van der Waals surface area contributed by atoms with Crippen LogP contribution < -0.4 is 5.11 Å². The number of hydrogen-bond donors (Lipinski definition) is 2. The van der Waals surface area contributed by atoms with Gasteiger partial charge in [0.2, 0.25) is 0 Å². The van der Waals surface area contributed by atoms with Crippen LogP contribution in [0.4, 0.5) is 0 Å². The zero-order valence-corrected chi connectivity index (χ0v) is 7.36. The van der Waals surface area contributed by atoms with E-state index in [0.29, 0.717) is 0 Å². The Hall–Kier alpha value is -0.650. The molecule has 0 aromatic heterocycles. The maximum absolute atomic E-state index is 10.2. The quantitative estimate of drug-likeness (QED) is 0.443. The summed E-state index contributed by atoms with van der Waals surface area (Å²) < 4.78 is 0.101. The standard InChI is InChI=1S/C7H15NO4/c1-8(2,4-7(11)12)3-6(10)5-9/h6,9-10H,3-5H2,1-2H3. The van der Waals surface area contributed by atoms with Gasteiger partial charge in [-0.2, -0.15) is 0 Å². The van der Waals surface area contributed by atoms with E-state index in [-0.39, 0.29) is 24.2 Å². The van der Waals surface area contributed by atoms with E-state index >= 15 is 0 Å². The first-order valence-electron chi connectivity index (χ1n) is 3.68. The zero-order valence-electron chi connectivity index (χ0n) is 7.36. The molecule has 12 heavy (non-hydrogen) atoms. The molecule has 0 aliphatic carbocycles. The van der Waals surface area contributed by atoms with Crippen LogP contribution in [0.1, 0.15) is 0 Å². The Labute approximate surface area is 71.4 Å². The lowest BCUT2D eigenvalue weighted by atomic mass is 10.3. The molecular weight excluding hydrogens is 162 g/mol. The van der Waals surface area contributed by atoms with Crippen molar-refractivity contribution in [2.24, 2.45) is 0 Å². The van der Waals surface area contributed by atoms with Crippen molar-refractivity contribution in [2.45, 2.75) is 6.10 Å². The molecule has 0 aliphatic rings. The first-order chi connectivity index (χ1) is 5.37. The van der Waals surface area contributed by atoms with Crippen molar-refractivity contribution >= 4 is 5.97 Å². The molecule has 0 saturated carbocycles. The highest BCUT2D eigenvalue weighted by Gasteiger charge is 2.19. The number of aliphatic carboxylic acids is 1. The Morgan fingerprint density at radius 1 is 1.58 bits per heavy atom. The first-order valence-corrected chi connectivity index (χ1v) is 3.68.